The third kappa shape index (κ3) is 7.28. The van der Waals surface area contributed by atoms with Crippen molar-refractivity contribution in [1.29, 1.82) is 0 Å². The standard InChI is InChI=1S/C27H40F2N8O/c1-4-20-17-21(36-15-13-34(2)14-16-36)7-8-23(20)32-27-31-18-22(25(28)29)26(33-27)30-9-5-11-37-12-6-10-35(3)19-24(37)38/h7-8,17-18,25H,4-6,9-16,19H2,1-3H3,(H2,30,31,32,33). The molecule has 0 spiro atoms. The number of carbonyl (C=O) groups is 1. The van der Waals surface area contributed by atoms with Gasteiger partial charge in [0.1, 0.15) is 5.82 Å². The summed E-state index contributed by atoms with van der Waals surface area (Å²) in [7, 11) is 4.08. The highest BCUT2D eigenvalue weighted by Crippen LogP contribution is 2.29. The molecule has 4 rings (SSSR count). The Balaban J connectivity index is 1.40. The smallest absolute Gasteiger partial charge is 0.268 e. The number of piperazine rings is 1. The van der Waals surface area contributed by atoms with Crippen LogP contribution in [0.15, 0.2) is 24.4 Å². The van der Waals surface area contributed by atoms with Gasteiger partial charge in [0, 0.05) is 69.9 Å². The van der Waals surface area contributed by atoms with Gasteiger partial charge in [0.25, 0.3) is 6.43 Å². The summed E-state index contributed by atoms with van der Waals surface area (Å²) < 4.78 is 27.4. The fraction of sp³-hybridized carbons (Fsp3) is 0.593. The van der Waals surface area contributed by atoms with Crippen molar-refractivity contribution in [3.8, 4) is 0 Å². The predicted molar refractivity (Wildman–Crippen MR) is 148 cm³/mol. The summed E-state index contributed by atoms with van der Waals surface area (Å²) in [6, 6.07) is 6.28. The topological polar surface area (TPSA) is 79.9 Å². The van der Waals surface area contributed by atoms with Gasteiger partial charge in [-0.2, -0.15) is 4.98 Å². The molecule has 9 nitrogen and oxygen atoms in total. The van der Waals surface area contributed by atoms with Crippen LogP contribution in [0, 0.1) is 0 Å². The van der Waals surface area contributed by atoms with E-state index in [0.717, 1.165) is 63.4 Å². The molecule has 2 aliphatic heterocycles. The van der Waals surface area contributed by atoms with Gasteiger partial charge in [0.2, 0.25) is 11.9 Å². The maximum Gasteiger partial charge on any atom is 0.268 e. The van der Waals surface area contributed by atoms with E-state index in [4.69, 9.17) is 0 Å². The number of carbonyl (C=O) groups excluding carboxylic acids is 1. The van der Waals surface area contributed by atoms with E-state index in [2.05, 4.69) is 56.5 Å². The van der Waals surface area contributed by atoms with Crippen molar-refractivity contribution >= 4 is 29.0 Å². The molecule has 38 heavy (non-hydrogen) atoms. The van der Waals surface area contributed by atoms with E-state index in [1.807, 2.05) is 22.9 Å². The van der Waals surface area contributed by atoms with Crippen LogP contribution in [0.2, 0.25) is 0 Å². The molecule has 2 saturated heterocycles. The first-order chi connectivity index (χ1) is 18.3. The molecule has 0 aliphatic carbocycles. The molecule has 0 bridgehead atoms. The zero-order chi connectivity index (χ0) is 27.1. The lowest BCUT2D eigenvalue weighted by Gasteiger charge is -2.34. The molecular weight excluding hydrogens is 490 g/mol. The Morgan fingerprint density at radius 3 is 2.58 bits per heavy atom. The number of nitrogens with zero attached hydrogens (tertiary/aromatic N) is 6. The van der Waals surface area contributed by atoms with Crippen LogP contribution in [0.3, 0.4) is 0 Å². The van der Waals surface area contributed by atoms with Crippen molar-refractivity contribution in [2.75, 3.05) is 88.5 Å². The summed E-state index contributed by atoms with van der Waals surface area (Å²) in [6.07, 6.45) is 0.875. The minimum absolute atomic E-state index is 0.108. The van der Waals surface area contributed by atoms with E-state index in [1.165, 1.54) is 11.9 Å². The number of aryl methyl sites for hydroxylation is 1. The molecule has 1 aromatic carbocycles. The van der Waals surface area contributed by atoms with Gasteiger partial charge in [-0.3, -0.25) is 9.69 Å². The number of amides is 1. The minimum Gasteiger partial charge on any atom is -0.369 e. The third-order valence-electron chi connectivity index (χ3n) is 7.26. The number of benzene rings is 1. The normalized spacial score (nSPS) is 17.7. The highest BCUT2D eigenvalue weighted by atomic mass is 19.3. The molecule has 2 aliphatic rings. The van der Waals surface area contributed by atoms with Crippen LogP contribution in [-0.2, 0) is 11.2 Å². The number of anilines is 4. The van der Waals surface area contributed by atoms with Gasteiger partial charge in [0.05, 0.1) is 12.1 Å². The van der Waals surface area contributed by atoms with E-state index < -0.39 is 6.43 Å². The first-order valence-electron chi connectivity index (χ1n) is 13.5. The van der Waals surface area contributed by atoms with E-state index >= 15 is 0 Å². The monoisotopic (exact) mass is 530 g/mol. The summed E-state index contributed by atoms with van der Waals surface area (Å²) in [5, 5.41) is 6.29. The quantitative estimate of drug-likeness (QED) is 0.453. The molecule has 208 valence electrons. The molecule has 0 unspecified atom stereocenters. The highest BCUT2D eigenvalue weighted by Gasteiger charge is 2.20. The Hall–Kier alpha value is -3.05. The molecule has 0 radical (unpaired) electrons. The van der Waals surface area contributed by atoms with Crippen LogP contribution in [0.5, 0.6) is 0 Å². The molecule has 0 saturated carbocycles. The number of hydrogen-bond donors (Lipinski definition) is 2. The number of rotatable bonds is 10. The number of likely N-dealkylation sites (N-methyl/N-ethyl adjacent to an activating group) is 2. The van der Waals surface area contributed by atoms with Gasteiger partial charge in [-0.25, -0.2) is 13.8 Å². The zero-order valence-electron chi connectivity index (χ0n) is 22.7. The average Bonchev–Trinajstić information content (AvgIpc) is 3.06. The van der Waals surface area contributed by atoms with Crippen LogP contribution in [0.25, 0.3) is 0 Å². The lowest BCUT2D eigenvalue weighted by atomic mass is 10.1. The van der Waals surface area contributed by atoms with Gasteiger partial charge in [-0.05, 0) is 57.1 Å². The van der Waals surface area contributed by atoms with Crippen LogP contribution >= 0.6 is 0 Å². The maximum absolute atomic E-state index is 13.7. The number of nitrogens with one attached hydrogen (secondary N) is 2. The van der Waals surface area contributed by atoms with Crippen molar-refractivity contribution in [2.45, 2.75) is 32.6 Å². The Kier molecular flexibility index (Phi) is 9.68. The molecule has 11 heteroatoms. The zero-order valence-corrected chi connectivity index (χ0v) is 22.7. The van der Waals surface area contributed by atoms with Gasteiger partial charge < -0.3 is 25.3 Å². The lowest BCUT2D eigenvalue weighted by molar-refractivity contribution is -0.130. The summed E-state index contributed by atoms with van der Waals surface area (Å²) in [4.78, 5) is 29.5. The summed E-state index contributed by atoms with van der Waals surface area (Å²) in [5.74, 6) is 0.494. The van der Waals surface area contributed by atoms with Crippen LogP contribution in [0.1, 0.15) is 37.3 Å². The number of alkyl halides is 2. The van der Waals surface area contributed by atoms with Crippen molar-refractivity contribution in [3.05, 3.63) is 35.5 Å². The van der Waals surface area contributed by atoms with E-state index in [0.29, 0.717) is 26.1 Å². The van der Waals surface area contributed by atoms with Crippen molar-refractivity contribution in [2.24, 2.45) is 0 Å². The number of aromatic nitrogens is 2. The Labute approximate surface area is 224 Å². The minimum atomic E-state index is -2.69. The lowest BCUT2D eigenvalue weighted by Crippen LogP contribution is -2.44. The summed E-state index contributed by atoms with van der Waals surface area (Å²) >= 11 is 0. The molecule has 2 fully saturated rings. The second-order valence-electron chi connectivity index (χ2n) is 10.2. The molecule has 2 N–H and O–H groups in total. The number of halogens is 2. The largest absolute Gasteiger partial charge is 0.369 e. The second kappa shape index (κ2) is 13.1. The van der Waals surface area contributed by atoms with E-state index in [9.17, 15) is 13.6 Å². The van der Waals surface area contributed by atoms with Gasteiger partial charge in [0.15, 0.2) is 0 Å². The van der Waals surface area contributed by atoms with E-state index in [1.54, 1.807) is 0 Å². The SMILES string of the molecule is CCc1cc(N2CCN(C)CC2)ccc1Nc1ncc(C(F)F)c(NCCCN2CCCN(C)CC2=O)n1. The molecule has 2 aromatic rings. The predicted octanol–water partition coefficient (Wildman–Crippen LogP) is 3.44. The van der Waals surface area contributed by atoms with Gasteiger partial charge >= 0.3 is 0 Å². The molecule has 1 amide bonds. The molecule has 3 heterocycles. The maximum atomic E-state index is 13.7. The first-order valence-corrected chi connectivity index (χ1v) is 13.5. The highest BCUT2D eigenvalue weighted by molar-refractivity contribution is 5.78. The second-order valence-corrected chi connectivity index (χ2v) is 10.2. The molecule has 0 atom stereocenters. The summed E-state index contributed by atoms with van der Waals surface area (Å²) in [6.45, 7) is 9.18. The molecular formula is C27H40F2N8O. The first kappa shape index (κ1) is 28.0. The van der Waals surface area contributed by atoms with Crippen molar-refractivity contribution in [1.82, 2.24) is 24.7 Å². The van der Waals surface area contributed by atoms with Gasteiger partial charge in [-0.1, -0.05) is 6.92 Å². The Bertz CT molecular complexity index is 1080. The van der Waals surface area contributed by atoms with Crippen LogP contribution < -0.4 is 15.5 Å². The van der Waals surface area contributed by atoms with Crippen LogP contribution in [-0.4, -0.2) is 104 Å². The van der Waals surface area contributed by atoms with Gasteiger partial charge in [-0.15, -0.1) is 0 Å². The van der Waals surface area contributed by atoms with Crippen LogP contribution in [0.4, 0.5) is 31.9 Å². The average molecular weight is 531 g/mol. The number of hydrogen-bond acceptors (Lipinski definition) is 8. The Morgan fingerprint density at radius 2 is 1.84 bits per heavy atom. The van der Waals surface area contributed by atoms with Crippen molar-refractivity contribution < 1.29 is 13.6 Å². The van der Waals surface area contributed by atoms with E-state index in [-0.39, 0.29) is 23.2 Å². The Morgan fingerprint density at radius 1 is 1.05 bits per heavy atom. The fourth-order valence-electron chi connectivity index (χ4n) is 4.91. The summed E-state index contributed by atoms with van der Waals surface area (Å²) in [5.41, 5.74) is 2.94. The third-order valence-corrected chi connectivity index (χ3v) is 7.26. The fourth-order valence-corrected chi connectivity index (χ4v) is 4.91. The van der Waals surface area contributed by atoms with Crippen molar-refractivity contribution in [3.63, 3.8) is 0 Å². The molecule has 1 aromatic heterocycles.